The highest BCUT2D eigenvalue weighted by Gasteiger charge is 2.17. The molecule has 3 aromatic rings. The van der Waals surface area contributed by atoms with Crippen LogP contribution in [-0.2, 0) is 13.6 Å². The van der Waals surface area contributed by atoms with E-state index in [4.69, 9.17) is 5.73 Å². The molecule has 0 saturated heterocycles. The summed E-state index contributed by atoms with van der Waals surface area (Å²) in [6.07, 6.45) is 1.81. The van der Waals surface area contributed by atoms with E-state index in [-0.39, 0.29) is 12.4 Å². The fourth-order valence-electron chi connectivity index (χ4n) is 2.04. The second-order valence-electron chi connectivity index (χ2n) is 4.05. The summed E-state index contributed by atoms with van der Waals surface area (Å²) < 4.78 is 20.9. The van der Waals surface area contributed by atoms with Gasteiger partial charge in [-0.1, -0.05) is 5.16 Å². The predicted octanol–water partition coefficient (Wildman–Crippen LogP) is 1.83. The van der Waals surface area contributed by atoms with E-state index in [2.05, 4.69) is 14.9 Å². The second-order valence-corrected chi connectivity index (χ2v) is 4.05. The molecular weight excluding hydrogens is 235 g/mol. The molecule has 0 saturated carbocycles. The average molecular weight is 246 g/mol. The van der Waals surface area contributed by atoms with E-state index in [0.29, 0.717) is 22.3 Å². The predicted molar refractivity (Wildman–Crippen MR) is 64.1 cm³/mol. The second kappa shape index (κ2) is 3.92. The number of nitrogens with zero attached hydrogens (tertiary/aromatic N) is 3. The summed E-state index contributed by atoms with van der Waals surface area (Å²) in [5.74, 6) is -0.335. The first kappa shape index (κ1) is 10.9. The first-order valence-electron chi connectivity index (χ1n) is 5.47. The Balaban J connectivity index is 2.27. The molecule has 1 aromatic carbocycles. The van der Waals surface area contributed by atoms with Gasteiger partial charge in [0.1, 0.15) is 17.2 Å². The monoisotopic (exact) mass is 246 g/mol. The van der Waals surface area contributed by atoms with Gasteiger partial charge in [0.15, 0.2) is 0 Å². The lowest BCUT2D eigenvalue weighted by atomic mass is 10.1. The van der Waals surface area contributed by atoms with Gasteiger partial charge in [-0.25, -0.2) is 9.02 Å². The quantitative estimate of drug-likeness (QED) is 0.748. The van der Waals surface area contributed by atoms with Crippen LogP contribution >= 0.6 is 0 Å². The van der Waals surface area contributed by atoms with Crippen LogP contribution in [0.2, 0.25) is 0 Å². The normalized spacial score (nSPS) is 11.3. The molecule has 0 radical (unpaired) electrons. The standard InChI is InChI=1S/C12H11FN4O/c1-17-5-4-7-10(17)3-2-8(11(7)13)12-9(6-14)15-18-16-12/h2-5H,6,14H2,1H3. The molecule has 0 unspecified atom stereocenters. The minimum atomic E-state index is -0.335. The zero-order valence-corrected chi connectivity index (χ0v) is 9.72. The molecule has 0 bridgehead atoms. The van der Waals surface area contributed by atoms with Crippen molar-refractivity contribution in [2.24, 2.45) is 12.8 Å². The molecule has 18 heavy (non-hydrogen) atoms. The van der Waals surface area contributed by atoms with Crippen LogP contribution in [0.4, 0.5) is 4.39 Å². The molecule has 0 aliphatic carbocycles. The Bertz CT molecular complexity index is 716. The highest BCUT2D eigenvalue weighted by molar-refractivity contribution is 5.86. The van der Waals surface area contributed by atoms with Crippen LogP contribution in [0, 0.1) is 5.82 Å². The van der Waals surface area contributed by atoms with Gasteiger partial charge in [0.2, 0.25) is 0 Å². The minimum absolute atomic E-state index is 0.158. The van der Waals surface area contributed by atoms with E-state index in [0.717, 1.165) is 5.52 Å². The summed E-state index contributed by atoms with van der Waals surface area (Å²) in [5, 5.41) is 7.92. The third kappa shape index (κ3) is 1.42. The molecule has 0 aliphatic heterocycles. The van der Waals surface area contributed by atoms with E-state index in [9.17, 15) is 4.39 Å². The number of benzene rings is 1. The maximum Gasteiger partial charge on any atom is 0.142 e. The van der Waals surface area contributed by atoms with Gasteiger partial charge in [0.25, 0.3) is 0 Å². The molecule has 0 atom stereocenters. The Kier molecular flexibility index (Phi) is 2.38. The first-order chi connectivity index (χ1) is 8.72. The van der Waals surface area contributed by atoms with Gasteiger partial charge in [-0.3, -0.25) is 0 Å². The van der Waals surface area contributed by atoms with Gasteiger partial charge in [0, 0.05) is 30.7 Å². The SMILES string of the molecule is Cn1ccc2c(F)c(-c3nonc3CN)ccc21. The van der Waals surface area contributed by atoms with Crippen LogP contribution in [0.5, 0.6) is 0 Å². The Morgan fingerprint density at radius 3 is 2.94 bits per heavy atom. The molecular formula is C12H11FN4O. The van der Waals surface area contributed by atoms with Crippen molar-refractivity contribution < 1.29 is 9.02 Å². The van der Waals surface area contributed by atoms with Crippen LogP contribution in [0.25, 0.3) is 22.2 Å². The Labute approximate surface area is 102 Å². The third-order valence-electron chi connectivity index (χ3n) is 3.01. The summed E-state index contributed by atoms with van der Waals surface area (Å²) in [5.41, 5.74) is 7.50. The number of halogens is 1. The molecule has 2 aromatic heterocycles. The summed E-state index contributed by atoms with van der Waals surface area (Å²) in [6, 6.07) is 5.23. The maximum absolute atomic E-state index is 14.4. The maximum atomic E-state index is 14.4. The van der Waals surface area contributed by atoms with Crippen LogP contribution < -0.4 is 5.73 Å². The van der Waals surface area contributed by atoms with Crippen molar-refractivity contribution in [1.29, 1.82) is 0 Å². The molecule has 92 valence electrons. The zero-order chi connectivity index (χ0) is 12.7. The van der Waals surface area contributed by atoms with Gasteiger partial charge < -0.3 is 10.3 Å². The van der Waals surface area contributed by atoms with E-state index in [1.807, 2.05) is 23.9 Å². The van der Waals surface area contributed by atoms with Crippen LogP contribution in [-0.4, -0.2) is 14.9 Å². The van der Waals surface area contributed by atoms with Gasteiger partial charge in [-0.15, -0.1) is 0 Å². The van der Waals surface area contributed by atoms with Crippen molar-refractivity contribution in [3.8, 4) is 11.3 Å². The van der Waals surface area contributed by atoms with Gasteiger partial charge in [0.05, 0.1) is 5.52 Å². The van der Waals surface area contributed by atoms with Crippen molar-refractivity contribution in [3.63, 3.8) is 0 Å². The molecule has 0 spiro atoms. The third-order valence-corrected chi connectivity index (χ3v) is 3.01. The van der Waals surface area contributed by atoms with Crippen LogP contribution in [0.1, 0.15) is 5.69 Å². The fourth-order valence-corrected chi connectivity index (χ4v) is 2.04. The Morgan fingerprint density at radius 1 is 1.33 bits per heavy atom. The molecule has 0 amide bonds. The molecule has 3 rings (SSSR count). The smallest absolute Gasteiger partial charge is 0.142 e. The summed E-state index contributed by atoms with van der Waals surface area (Å²) in [7, 11) is 1.87. The van der Waals surface area contributed by atoms with E-state index in [1.165, 1.54) is 0 Å². The molecule has 0 aliphatic rings. The molecule has 2 N–H and O–H groups in total. The Morgan fingerprint density at radius 2 is 2.17 bits per heavy atom. The van der Waals surface area contributed by atoms with Crippen molar-refractivity contribution in [1.82, 2.24) is 14.9 Å². The lowest BCUT2D eigenvalue weighted by Crippen LogP contribution is -1.99. The lowest BCUT2D eigenvalue weighted by molar-refractivity contribution is 0.304. The van der Waals surface area contributed by atoms with E-state index < -0.39 is 0 Å². The lowest BCUT2D eigenvalue weighted by Gasteiger charge is -2.03. The minimum Gasteiger partial charge on any atom is -0.350 e. The van der Waals surface area contributed by atoms with E-state index in [1.54, 1.807) is 12.1 Å². The van der Waals surface area contributed by atoms with Crippen LogP contribution in [0.3, 0.4) is 0 Å². The van der Waals surface area contributed by atoms with Crippen molar-refractivity contribution >= 4 is 10.9 Å². The molecule has 0 fully saturated rings. The topological polar surface area (TPSA) is 69.9 Å². The van der Waals surface area contributed by atoms with Crippen LogP contribution in [0.15, 0.2) is 29.0 Å². The summed E-state index contributed by atoms with van der Waals surface area (Å²) >= 11 is 0. The average Bonchev–Trinajstić information content (AvgIpc) is 2.97. The zero-order valence-electron chi connectivity index (χ0n) is 9.72. The van der Waals surface area contributed by atoms with Crippen molar-refractivity contribution in [3.05, 3.63) is 35.9 Å². The molecule has 5 nitrogen and oxygen atoms in total. The van der Waals surface area contributed by atoms with Crippen molar-refractivity contribution in [2.75, 3.05) is 0 Å². The number of aryl methyl sites for hydroxylation is 1. The highest BCUT2D eigenvalue weighted by atomic mass is 19.1. The van der Waals surface area contributed by atoms with Crippen molar-refractivity contribution in [2.45, 2.75) is 6.54 Å². The number of nitrogens with two attached hydrogens (primary N) is 1. The van der Waals surface area contributed by atoms with Gasteiger partial charge in [-0.2, -0.15) is 0 Å². The highest BCUT2D eigenvalue weighted by Crippen LogP contribution is 2.29. The molecule has 6 heteroatoms. The number of hydrogen-bond acceptors (Lipinski definition) is 4. The van der Waals surface area contributed by atoms with Gasteiger partial charge >= 0.3 is 0 Å². The summed E-state index contributed by atoms with van der Waals surface area (Å²) in [6.45, 7) is 0.158. The number of hydrogen-bond donors (Lipinski definition) is 1. The number of fused-ring (bicyclic) bond motifs is 1. The van der Waals surface area contributed by atoms with E-state index >= 15 is 0 Å². The number of aromatic nitrogens is 3. The summed E-state index contributed by atoms with van der Waals surface area (Å²) in [4.78, 5) is 0. The van der Waals surface area contributed by atoms with Gasteiger partial charge in [-0.05, 0) is 23.4 Å². The first-order valence-corrected chi connectivity index (χ1v) is 5.47. The fraction of sp³-hybridized carbons (Fsp3) is 0.167. The largest absolute Gasteiger partial charge is 0.350 e. The number of rotatable bonds is 2. The molecule has 2 heterocycles. The Hall–Kier alpha value is -2.21.